The van der Waals surface area contributed by atoms with Crippen molar-refractivity contribution in [2.45, 2.75) is 0 Å². The summed E-state index contributed by atoms with van der Waals surface area (Å²) >= 11 is 0. The third kappa shape index (κ3) is 2.54. The van der Waals surface area contributed by atoms with E-state index in [-0.39, 0.29) is 0 Å². The number of hydrogen-bond donors (Lipinski definition) is 0. The minimum Gasteiger partial charge on any atom is -0.496 e. The lowest BCUT2D eigenvalue weighted by molar-refractivity contribution is 0.420. The third-order valence-corrected chi connectivity index (χ3v) is 4.81. The average molecular weight is 351 g/mol. The van der Waals surface area contributed by atoms with E-state index in [1.807, 2.05) is 47.0 Å². The summed E-state index contributed by atoms with van der Waals surface area (Å²) in [7, 11) is 1.70. The first-order chi connectivity index (χ1) is 13.3. The number of methoxy groups -OCH3 is 1. The maximum atomic E-state index is 5.55. The van der Waals surface area contributed by atoms with Crippen LogP contribution in [-0.2, 0) is 0 Å². The Morgan fingerprint density at radius 2 is 1.59 bits per heavy atom. The number of rotatable bonds is 3. The second-order valence-electron chi connectivity index (χ2n) is 6.35. The number of benzene rings is 3. The summed E-state index contributed by atoms with van der Waals surface area (Å²) in [5.41, 5.74) is 4.94. The van der Waals surface area contributed by atoms with E-state index in [9.17, 15) is 0 Å². The van der Waals surface area contributed by atoms with Crippen molar-refractivity contribution < 1.29 is 4.74 Å². The van der Waals surface area contributed by atoms with Crippen LogP contribution in [0, 0.1) is 0 Å². The molecule has 3 aromatic carbocycles. The zero-order valence-corrected chi connectivity index (χ0v) is 14.8. The van der Waals surface area contributed by atoms with Crippen LogP contribution in [0.4, 0.5) is 0 Å². The summed E-state index contributed by atoms with van der Waals surface area (Å²) in [5, 5.41) is 6.71. The SMILES string of the molecule is COc1ccc(-c2cc(-c3ccccc3)nc3ccnn23)c2ccccc12. The molecule has 27 heavy (non-hydrogen) atoms. The predicted octanol–water partition coefficient (Wildman–Crippen LogP) is 5.23. The third-order valence-electron chi connectivity index (χ3n) is 4.81. The van der Waals surface area contributed by atoms with E-state index in [0.29, 0.717) is 0 Å². The number of aromatic nitrogens is 3. The lowest BCUT2D eigenvalue weighted by Gasteiger charge is -2.13. The Morgan fingerprint density at radius 3 is 2.41 bits per heavy atom. The van der Waals surface area contributed by atoms with E-state index in [2.05, 4.69) is 41.5 Å². The molecule has 5 aromatic rings. The average Bonchev–Trinajstić information content (AvgIpc) is 3.22. The Balaban J connectivity index is 1.84. The van der Waals surface area contributed by atoms with Gasteiger partial charge in [-0.25, -0.2) is 9.50 Å². The molecule has 0 N–H and O–H groups in total. The molecule has 0 fully saturated rings. The molecule has 130 valence electrons. The summed E-state index contributed by atoms with van der Waals surface area (Å²) in [6, 6.07) is 26.6. The molecule has 0 unspecified atom stereocenters. The van der Waals surface area contributed by atoms with Gasteiger partial charge in [0.2, 0.25) is 0 Å². The van der Waals surface area contributed by atoms with Gasteiger partial charge in [0.1, 0.15) is 5.75 Å². The molecule has 0 radical (unpaired) electrons. The Kier molecular flexibility index (Phi) is 3.61. The molecule has 5 rings (SSSR count). The molecule has 4 heteroatoms. The van der Waals surface area contributed by atoms with Gasteiger partial charge < -0.3 is 4.74 Å². The van der Waals surface area contributed by atoms with Gasteiger partial charge in [-0.3, -0.25) is 0 Å². The van der Waals surface area contributed by atoms with Gasteiger partial charge in [-0.1, -0.05) is 54.6 Å². The number of fused-ring (bicyclic) bond motifs is 2. The first-order valence-corrected chi connectivity index (χ1v) is 8.81. The van der Waals surface area contributed by atoms with Crippen molar-refractivity contribution in [2.75, 3.05) is 7.11 Å². The molecular formula is C23H17N3O. The van der Waals surface area contributed by atoms with Gasteiger partial charge >= 0.3 is 0 Å². The monoisotopic (exact) mass is 351 g/mol. The van der Waals surface area contributed by atoms with Crippen LogP contribution < -0.4 is 4.74 Å². The van der Waals surface area contributed by atoms with Crippen molar-refractivity contribution in [3.63, 3.8) is 0 Å². The van der Waals surface area contributed by atoms with Crippen LogP contribution in [0.15, 0.2) is 85.1 Å². The van der Waals surface area contributed by atoms with Gasteiger partial charge in [0.25, 0.3) is 0 Å². The molecule has 0 bridgehead atoms. The van der Waals surface area contributed by atoms with Crippen LogP contribution in [0.2, 0.25) is 0 Å². The topological polar surface area (TPSA) is 39.4 Å². The Morgan fingerprint density at radius 1 is 0.815 bits per heavy atom. The molecule has 0 atom stereocenters. The molecule has 2 aromatic heterocycles. The molecular weight excluding hydrogens is 334 g/mol. The van der Waals surface area contributed by atoms with Crippen LogP contribution in [0.3, 0.4) is 0 Å². The second kappa shape index (κ2) is 6.25. The molecule has 4 nitrogen and oxygen atoms in total. The molecule has 0 amide bonds. The minimum atomic E-state index is 0.825. The van der Waals surface area contributed by atoms with Gasteiger partial charge in [0, 0.05) is 22.6 Å². The van der Waals surface area contributed by atoms with Crippen molar-refractivity contribution in [1.82, 2.24) is 14.6 Å². The van der Waals surface area contributed by atoms with E-state index >= 15 is 0 Å². The Bertz CT molecular complexity index is 1260. The van der Waals surface area contributed by atoms with Gasteiger partial charge in [0.15, 0.2) is 5.65 Å². The summed E-state index contributed by atoms with van der Waals surface area (Å²) < 4.78 is 7.44. The molecule has 0 aliphatic rings. The summed E-state index contributed by atoms with van der Waals surface area (Å²) in [6.45, 7) is 0. The van der Waals surface area contributed by atoms with Crippen LogP contribution in [0.25, 0.3) is 38.9 Å². The van der Waals surface area contributed by atoms with Crippen LogP contribution >= 0.6 is 0 Å². The maximum Gasteiger partial charge on any atom is 0.156 e. The number of nitrogens with zero attached hydrogens (tertiary/aromatic N) is 3. The Hall–Kier alpha value is -3.66. The first-order valence-electron chi connectivity index (χ1n) is 8.81. The number of hydrogen-bond acceptors (Lipinski definition) is 3. The van der Waals surface area contributed by atoms with E-state index in [0.717, 1.165) is 44.7 Å². The van der Waals surface area contributed by atoms with Crippen molar-refractivity contribution in [2.24, 2.45) is 0 Å². The highest BCUT2D eigenvalue weighted by atomic mass is 16.5. The van der Waals surface area contributed by atoms with E-state index in [1.165, 1.54) is 0 Å². The fourth-order valence-electron chi connectivity index (χ4n) is 3.53. The van der Waals surface area contributed by atoms with Crippen LogP contribution in [-0.4, -0.2) is 21.7 Å². The van der Waals surface area contributed by atoms with Crippen LogP contribution in [0.5, 0.6) is 5.75 Å². The van der Waals surface area contributed by atoms with Crippen LogP contribution in [0.1, 0.15) is 0 Å². The summed E-state index contributed by atoms with van der Waals surface area (Å²) in [4.78, 5) is 4.78. The van der Waals surface area contributed by atoms with E-state index in [1.54, 1.807) is 13.3 Å². The largest absolute Gasteiger partial charge is 0.496 e. The molecule has 0 aliphatic carbocycles. The smallest absolute Gasteiger partial charge is 0.156 e. The quantitative estimate of drug-likeness (QED) is 0.447. The van der Waals surface area contributed by atoms with Crippen molar-refractivity contribution in [3.05, 3.63) is 85.1 Å². The van der Waals surface area contributed by atoms with Crippen molar-refractivity contribution >= 4 is 16.4 Å². The fourth-order valence-corrected chi connectivity index (χ4v) is 3.53. The highest BCUT2D eigenvalue weighted by Gasteiger charge is 2.14. The molecule has 2 heterocycles. The zero-order chi connectivity index (χ0) is 18.2. The molecule has 0 saturated carbocycles. The normalized spacial score (nSPS) is 11.1. The maximum absolute atomic E-state index is 5.55. The lowest BCUT2D eigenvalue weighted by atomic mass is 10.00. The number of ether oxygens (including phenoxy) is 1. The predicted molar refractivity (Wildman–Crippen MR) is 108 cm³/mol. The van der Waals surface area contributed by atoms with Gasteiger partial charge in [-0.15, -0.1) is 0 Å². The highest BCUT2D eigenvalue weighted by molar-refractivity contribution is 6.00. The summed E-state index contributed by atoms with van der Waals surface area (Å²) in [6.07, 6.45) is 1.78. The van der Waals surface area contributed by atoms with Crippen molar-refractivity contribution in [3.8, 4) is 28.3 Å². The fraction of sp³-hybridized carbons (Fsp3) is 0.0435. The van der Waals surface area contributed by atoms with Crippen molar-refractivity contribution in [1.29, 1.82) is 0 Å². The second-order valence-corrected chi connectivity index (χ2v) is 6.35. The van der Waals surface area contributed by atoms with Gasteiger partial charge in [-0.2, -0.15) is 5.10 Å². The van der Waals surface area contributed by atoms with E-state index < -0.39 is 0 Å². The zero-order valence-electron chi connectivity index (χ0n) is 14.8. The molecule has 0 spiro atoms. The standard InChI is InChI=1S/C23H17N3O/c1-27-22-12-11-18(17-9-5-6-10-19(17)22)21-15-20(16-7-3-2-4-8-16)25-23-13-14-24-26(21)23/h2-15H,1H3. The lowest BCUT2D eigenvalue weighted by Crippen LogP contribution is -1.99. The Labute approximate surface area is 156 Å². The minimum absolute atomic E-state index is 0.825. The highest BCUT2D eigenvalue weighted by Crippen LogP contribution is 2.35. The molecule has 0 aliphatic heterocycles. The molecule has 0 saturated heterocycles. The van der Waals surface area contributed by atoms with Gasteiger partial charge in [-0.05, 0) is 23.6 Å². The van der Waals surface area contributed by atoms with E-state index in [4.69, 9.17) is 9.72 Å². The first kappa shape index (κ1) is 15.6. The van der Waals surface area contributed by atoms with Gasteiger partial charge in [0.05, 0.1) is 24.7 Å². The summed E-state index contributed by atoms with van der Waals surface area (Å²) in [5.74, 6) is 0.864.